The van der Waals surface area contributed by atoms with Crippen LogP contribution in [0.3, 0.4) is 0 Å². The fraction of sp³-hybridized carbons (Fsp3) is 0.875. The van der Waals surface area contributed by atoms with Gasteiger partial charge in [0.2, 0.25) is 0 Å². The van der Waals surface area contributed by atoms with Gasteiger partial charge in [0.05, 0.1) is 6.54 Å². The molecule has 90 valence electrons. The van der Waals surface area contributed by atoms with Crippen molar-refractivity contribution in [2.45, 2.75) is 32.2 Å². The number of nitrogens with one attached hydrogen (secondary N) is 1. The van der Waals surface area contributed by atoms with Gasteiger partial charge in [-0.15, -0.1) is 0 Å². The smallest absolute Gasteiger partial charge is 0.382 e. The van der Waals surface area contributed by atoms with Crippen LogP contribution in [0.5, 0.6) is 0 Å². The lowest BCUT2D eigenvalue weighted by molar-refractivity contribution is -0.205. The predicted molar refractivity (Wildman–Crippen MR) is 48.4 cm³/mol. The van der Waals surface area contributed by atoms with Gasteiger partial charge < -0.3 is 15.3 Å². The van der Waals surface area contributed by atoms with E-state index in [1.54, 1.807) is 13.8 Å². The third-order valence-corrected chi connectivity index (χ3v) is 1.58. The number of aliphatic hydroxyl groups excluding tert-OH is 1. The van der Waals surface area contributed by atoms with Crippen molar-refractivity contribution in [3.8, 4) is 0 Å². The molecule has 0 aliphatic carbocycles. The van der Waals surface area contributed by atoms with Gasteiger partial charge in [-0.2, -0.15) is 13.2 Å². The molecule has 0 rings (SSSR count). The first-order valence-corrected chi connectivity index (χ1v) is 4.41. The zero-order chi connectivity index (χ0) is 12.2. The van der Waals surface area contributed by atoms with Gasteiger partial charge in [-0.1, -0.05) is 0 Å². The maximum Gasteiger partial charge on any atom is 0.416 e. The molecule has 0 aliphatic rings. The van der Waals surface area contributed by atoms with E-state index in [1.807, 2.05) is 0 Å². The number of alkyl halides is 3. The minimum Gasteiger partial charge on any atom is -0.382 e. The largest absolute Gasteiger partial charge is 0.416 e. The number of likely N-dealkylation sites (N-methyl/N-ethyl adjacent to an activating group) is 1. The van der Waals surface area contributed by atoms with Crippen molar-refractivity contribution in [3.63, 3.8) is 0 Å². The van der Waals surface area contributed by atoms with Gasteiger partial charge >= 0.3 is 12.2 Å². The second-order valence-corrected chi connectivity index (χ2v) is 3.54. The summed E-state index contributed by atoms with van der Waals surface area (Å²) < 4.78 is 35.8. The molecule has 0 spiro atoms. The van der Waals surface area contributed by atoms with Crippen molar-refractivity contribution >= 4 is 6.03 Å². The van der Waals surface area contributed by atoms with Crippen LogP contribution in [-0.4, -0.2) is 48.0 Å². The van der Waals surface area contributed by atoms with Gasteiger partial charge in [0.15, 0.2) is 6.10 Å². The summed E-state index contributed by atoms with van der Waals surface area (Å²) in [5.74, 6) is 0. The van der Waals surface area contributed by atoms with Crippen molar-refractivity contribution in [1.29, 1.82) is 0 Å². The van der Waals surface area contributed by atoms with Crippen LogP contribution in [0.4, 0.5) is 18.0 Å². The minimum absolute atomic E-state index is 0.164. The summed E-state index contributed by atoms with van der Waals surface area (Å²) in [6.45, 7) is 2.60. The molecule has 0 heterocycles. The zero-order valence-corrected chi connectivity index (χ0v) is 8.80. The summed E-state index contributed by atoms with van der Waals surface area (Å²) in [5, 5.41) is 11.1. The highest BCUT2D eigenvalue weighted by molar-refractivity contribution is 5.74. The van der Waals surface area contributed by atoms with Gasteiger partial charge in [-0.05, 0) is 13.8 Å². The third kappa shape index (κ3) is 5.46. The lowest BCUT2D eigenvalue weighted by atomic mass is 10.3. The fourth-order valence-electron chi connectivity index (χ4n) is 0.803. The van der Waals surface area contributed by atoms with E-state index in [4.69, 9.17) is 5.11 Å². The Morgan fingerprint density at radius 1 is 1.47 bits per heavy atom. The SMILES string of the molecule is CC(C)NC(=O)N(C)CC(O)C(F)(F)F. The lowest BCUT2D eigenvalue weighted by Gasteiger charge is -2.23. The second-order valence-electron chi connectivity index (χ2n) is 3.54. The van der Waals surface area contributed by atoms with Crippen LogP contribution in [-0.2, 0) is 0 Å². The van der Waals surface area contributed by atoms with Gasteiger partial charge in [0.1, 0.15) is 0 Å². The number of carbonyl (C=O) groups excluding carboxylic acids is 1. The summed E-state index contributed by atoms with van der Waals surface area (Å²) in [6.07, 6.45) is -7.22. The first-order chi connectivity index (χ1) is 6.64. The summed E-state index contributed by atoms with van der Waals surface area (Å²) in [4.78, 5) is 11.9. The Hall–Kier alpha value is -0.980. The quantitative estimate of drug-likeness (QED) is 0.756. The van der Waals surface area contributed by atoms with Crippen molar-refractivity contribution in [2.75, 3.05) is 13.6 Å². The molecule has 0 aliphatic heterocycles. The maximum absolute atomic E-state index is 11.9. The number of hydrogen-bond donors (Lipinski definition) is 2. The molecule has 1 unspecified atom stereocenters. The number of aliphatic hydroxyl groups is 1. The second kappa shape index (κ2) is 5.20. The highest BCUT2D eigenvalue weighted by atomic mass is 19.4. The molecule has 2 N–H and O–H groups in total. The number of hydrogen-bond acceptors (Lipinski definition) is 2. The minimum atomic E-state index is -4.70. The van der Waals surface area contributed by atoms with Gasteiger partial charge in [0, 0.05) is 13.1 Å². The van der Waals surface area contributed by atoms with E-state index in [2.05, 4.69) is 5.32 Å². The zero-order valence-electron chi connectivity index (χ0n) is 8.80. The van der Waals surface area contributed by atoms with Crippen LogP contribution in [0.15, 0.2) is 0 Å². The van der Waals surface area contributed by atoms with E-state index >= 15 is 0 Å². The number of nitrogens with zero attached hydrogens (tertiary/aromatic N) is 1. The monoisotopic (exact) mass is 228 g/mol. The van der Waals surface area contributed by atoms with Gasteiger partial charge in [-0.25, -0.2) is 4.79 Å². The van der Waals surface area contributed by atoms with Crippen molar-refractivity contribution in [2.24, 2.45) is 0 Å². The number of carbonyl (C=O) groups is 1. The number of halogens is 3. The Balaban J connectivity index is 4.13. The maximum atomic E-state index is 11.9. The summed E-state index contributed by atoms with van der Waals surface area (Å²) in [7, 11) is 1.19. The summed E-state index contributed by atoms with van der Waals surface area (Å²) in [6, 6.07) is -0.809. The normalized spacial score (nSPS) is 13.9. The fourth-order valence-corrected chi connectivity index (χ4v) is 0.803. The lowest BCUT2D eigenvalue weighted by Crippen LogP contribution is -2.47. The molecule has 0 saturated heterocycles. The molecule has 0 aromatic carbocycles. The molecular formula is C8H15F3N2O2. The Morgan fingerprint density at radius 3 is 2.27 bits per heavy atom. The molecule has 0 fully saturated rings. The Kier molecular flexibility index (Phi) is 4.86. The molecule has 2 amide bonds. The highest BCUT2D eigenvalue weighted by Gasteiger charge is 2.39. The molecule has 0 saturated carbocycles. The molecule has 0 bridgehead atoms. The van der Waals surface area contributed by atoms with Crippen molar-refractivity contribution < 1.29 is 23.1 Å². The summed E-state index contributed by atoms with van der Waals surface area (Å²) in [5.41, 5.74) is 0. The highest BCUT2D eigenvalue weighted by Crippen LogP contribution is 2.20. The number of rotatable bonds is 3. The molecular weight excluding hydrogens is 213 g/mol. The van der Waals surface area contributed by atoms with Crippen LogP contribution in [0.25, 0.3) is 0 Å². The van der Waals surface area contributed by atoms with Crippen molar-refractivity contribution in [1.82, 2.24) is 10.2 Å². The van der Waals surface area contributed by atoms with E-state index < -0.39 is 24.9 Å². The average molecular weight is 228 g/mol. The Bertz CT molecular complexity index is 218. The molecule has 0 radical (unpaired) electrons. The molecule has 4 nitrogen and oxygen atoms in total. The van der Waals surface area contributed by atoms with Gasteiger partial charge in [-0.3, -0.25) is 0 Å². The molecule has 0 aromatic heterocycles. The molecule has 15 heavy (non-hydrogen) atoms. The topological polar surface area (TPSA) is 52.6 Å². The van der Waals surface area contributed by atoms with E-state index in [0.717, 1.165) is 4.90 Å². The first kappa shape index (κ1) is 14.0. The van der Waals surface area contributed by atoms with Crippen LogP contribution in [0.2, 0.25) is 0 Å². The molecule has 0 aromatic rings. The number of amides is 2. The first-order valence-electron chi connectivity index (χ1n) is 4.41. The van der Waals surface area contributed by atoms with Crippen LogP contribution in [0.1, 0.15) is 13.8 Å². The van der Waals surface area contributed by atoms with E-state index in [1.165, 1.54) is 7.05 Å². The van der Waals surface area contributed by atoms with Gasteiger partial charge in [0.25, 0.3) is 0 Å². The molecule has 7 heteroatoms. The molecule has 1 atom stereocenters. The van der Waals surface area contributed by atoms with Crippen molar-refractivity contribution in [3.05, 3.63) is 0 Å². The van der Waals surface area contributed by atoms with E-state index in [-0.39, 0.29) is 6.04 Å². The number of urea groups is 1. The third-order valence-electron chi connectivity index (χ3n) is 1.58. The summed E-state index contributed by atoms with van der Waals surface area (Å²) >= 11 is 0. The Labute approximate surface area is 86.1 Å². The average Bonchev–Trinajstić information content (AvgIpc) is 2.00. The van der Waals surface area contributed by atoms with E-state index in [0.29, 0.717) is 0 Å². The predicted octanol–water partition coefficient (Wildman–Crippen LogP) is 0.959. The standard InChI is InChI=1S/C8H15F3N2O2/c1-5(2)12-7(15)13(3)4-6(14)8(9,10)11/h5-6,14H,4H2,1-3H3,(H,12,15). The van der Waals surface area contributed by atoms with Crippen LogP contribution < -0.4 is 5.32 Å². The van der Waals surface area contributed by atoms with E-state index in [9.17, 15) is 18.0 Å². The Morgan fingerprint density at radius 2 is 1.93 bits per heavy atom. The van der Waals surface area contributed by atoms with Crippen LogP contribution in [0, 0.1) is 0 Å². The van der Waals surface area contributed by atoms with Crippen LogP contribution >= 0.6 is 0 Å².